The monoisotopic (exact) mass is 244 g/mol. The van der Waals surface area contributed by atoms with Crippen molar-refractivity contribution >= 4 is 0 Å². The first-order valence-corrected chi connectivity index (χ1v) is 6.33. The molecule has 0 fully saturated rings. The number of aryl methyl sites for hydroxylation is 4. The van der Waals surface area contributed by atoms with E-state index in [1.165, 1.54) is 11.1 Å². The van der Waals surface area contributed by atoms with Crippen LogP contribution in [0.1, 0.15) is 29.4 Å². The van der Waals surface area contributed by atoms with Gasteiger partial charge < -0.3 is 4.74 Å². The molecule has 0 bridgehead atoms. The van der Waals surface area contributed by atoms with E-state index in [9.17, 15) is 0 Å². The van der Waals surface area contributed by atoms with Crippen molar-refractivity contribution in [3.63, 3.8) is 0 Å². The Morgan fingerprint density at radius 2 is 1.72 bits per heavy atom. The maximum atomic E-state index is 5.85. The predicted octanol–water partition coefficient (Wildman–Crippen LogP) is 3.41. The van der Waals surface area contributed by atoms with Crippen LogP contribution in [-0.2, 0) is 13.2 Å². The van der Waals surface area contributed by atoms with Gasteiger partial charge in [0.15, 0.2) is 0 Å². The second-order valence-corrected chi connectivity index (χ2v) is 4.70. The third kappa shape index (κ3) is 2.92. The quantitative estimate of drug-likeness (QED) is 0.824. The molecule has 96 valence electrons. The average Bonchev–Trinajstić information content (AvgIpc) is 2.66. The third-order valence-corrected chi connectivity index (χ3v) is 2.87. The molecule has 1 aromatic heterocycles. The van der Waals surface area contributed by atoms with Crippen molar-refractivity contribution in [1.82, 2.24) is 9.78 Å². The first-order valence-electron chi connectivity index (χ1n) is 6.33. The highest BCUT2D eigenvalue weighted by molar-refractivity contribution is 5.33. The van der Waals surface area contributed by atoms with Gasteiger partial charge in [0.1, 0.15) is 12.4 Å². The van der Waals surface area contributed by atoms with Crippen molar-refractivity contribution < 1.29 is 4.74 Å². The van der Waals surface area contributed by atoms with Crippen molar-refractivity contribution in [1.29, 1.82) is 0 Å². The van der Waals surface area contributed by atoms with E-state index >= 15 is 0 Å². The van der Waals surface area contributed by atoms with E-state index in [1.54, 1.807) is 0 Å². The third-order valence-electron chi connectivity index (χ3n) is 2.87. The minimum atomic E-state index is 0.567. The van der Waals surface area contributed by atoms with Gasteiger partial charge in [-0.1, -0.05) is 6.07 Å². The molecule has 0 aliphatic heterocycles. The molecule has 0 amide bonds. The summed E-state index contributed by atoms with van der Waals surface area (Å²) in [6, 6.07) is 8.35. The maximum Gasteiger partial charge on any atom is 0.130 e. The second kappa shape index (κ2) is 5.25. The van der Waals surface area contributed by atoms with Crippen molar-refractivity contribution in [2.24, 2.45) is 0 Å². The molecule has 3 nitrogen and oxygen atoms in total. The van der Waals surface area contributed by atoms with Gasteiger partial charge in [0.05, 0.1) is 11.4 Å². The minimum Gasteiger partial charge on any atom is -0.487 e. The number of aromatic nitrogens is 2. The van der Waals surface area contributed by atoms with Crippen LogP contribution >= 0.6 is 0 Å². The number of hydrogen-bond donors (Lipinski definition) is 0. The molecule has 0 N–H and O–H groups in total. The Labute approximate surface area is 108 Å². The second-order valence-electron chi connectivity index (χ2n) is 4.70. The van der Waals surface area contributed by atoms with Gasteiger partial charge in [-0.15, -0.1) is 0 Å². The molecule has 0 saturated heterocycles. The van der Waals surface area contributed by atoms with E-state index in [4.69, 9.17) is 4.74 Å². The summed E-state index contributed by atoms with van der Waals surface area (Å²) in [7, 11) is 0. The number of benzene rings is 1. The van der Waals surface area contributed by atoms with Crippen LogP contribution in [0.4, 0.5) is 0 Å². The zero-order chi connectivity index (χ0) is 13.1. The normalized spacial score (nSPS) is 10.7. The van der Waals surface area contributed by atoms with Gasteiger partial charge in [-0.05, 0) is 57.0 Å². The molecule has 2 rings (SSSR count). The van der Waals surface area contributed by atoms with Crippen LogP contribution in [0.3, 0.4) is 0 Å². The zero-order valence-electron chi connectivity index (χ0n) is 11.5. The Morgan fingerprint density at radius 1 is 1.06 bits per heavy atom. The van der Waals surface area contributed by atoms with Crippen LogP contribution in [0, 0.1) is 20.8 Å². The Hall–Kier alpha value is -1.77. The van der Waals surface area contributed by atoms with Crippen LogP contribution in [0.15, 0.2) is 24.3 Å². The predicted molar refractivity (Wildman–Crippen MR) is 72.9 cm³/mol. The lowest BCUT2D eigenvalue weighted by Crippen LogP contribution is -2.06. The SMILES string of the molecule is CCn1nc(C)cc1COc1cc(C)cc(C)c1. The fourth-order valence-electron chi connectivity index (χ4n) is 2.16. The molecule has 18 heavy (non-hydrogen) atoms. The van der Waals surface area contributed by atoms with Gasteiger partial charge in [-0.25, -0.2) is 0 Å². The van der Waals surface area contributed by atoms with E-state index in [2.05, 4.69) is 50.1 Å². The van der Waals surface area contributed by atoms with Gasteiger partial charge in [0.25, 0.3) is 0 Å². The highest BCUT2D eigenvalue weighted by atomic mass is 16.5. The molecular weight excluding hydrogens is 224 g/mol. The lowest BCUT2D eigenvalue weighted by atomic mass is 10.1. The largest absolute Gasteiger partial charge is 0.487 e. The first-order chi connectivity index (χ1) is 8.58. The zero-order valence-corrected chi connectivity index (χ0v) is 11.5. The summed E-state index contributed by atoms with van der Waals surface area (Å²) in [5.41, 5.74) is 4.61. The van der Waals surface area contributed by atoms with E-state index in [0.29, 0.717) is 6.61 Å². The molecule has 0 aliphatic rings. The first kappa shape index (κ1) is 12.7. The van der Waals surface area contributed by atoms with Crippen LogP contribution in [0.25, 0.3) is 0 Å². The average molecular weight is 244 g/mol. The summed E-state index contributed by atoms with van der Waals surface area (Å²) in [6.07, 6.45) is 0. The van der Waals surface area contributed by atoms with Crippen molar-refractivity contribution in [2.45, 2.75) is 40.8 Å². The van der Waals surface area contributed by atoms with E-state index in [1.807, 2.05) is 11.6 Å². The smallest absolute Gasteiger partial charge is 0.130 e. The fourth-order valence-corrected chi connectivity index (χ4v) is 2.16. The van der Waals surface area contributed by atoms with Gasteiger partial charge >= 0.3 is 0 Å². The van der Waals surface area contributed by atoms with E-state index in [0.717, 1.165) is 23.7 Å². The summed E-state index contributed by atoms with van der Waals surface area (Å²) in [5, 5.41) is 4.41. The van der Waals surface area contributed by atoms with Crippen LogP contribution in [0.5, 0.6) is 5.75 Å². The standard InChI is InChI=1S/C15H20N2O/c1-5-17-14(9-13(4)16-17)10-18-15-7-11(2)6-12(3)8-15/h6-9H,5,10H2,1-4H3. The molecule has 3 heteroatoms. The number of rotatable bonds is 4. The van der Waals surface area contributed by atoms with Crippen molar-refractivity contribution in [3.05, 3.63) is 46.8 Å². The van der Waals surface area contributed by atoms with Gasteiger partial charge in [-0.2, -0.15) is 5.10 Å². The summed E-state index contributed by atoms with van der Waals surface area (Å²) >= 11 is 0. The molecule has 0 atom stereocenters. The van der Waals surface area contributed by atoms with Gasteiger partial charge in [0.2, 0.25) is 0 Å². The van der Waals surface area contributed by atoms with Gasteiger partial charge in [-0.3, -0.25) is 4.68 Å². The minimum absolute atomic E-state index is 0.567. The molecular formula is C15H20N2O. The molecule has 0 saturated carbocycles. The van der Waals surface area contributed by atoms with Gasteiger partial charge in [0, 0.05) is 6.54 Å². The Kier molecular flexibility index (Phi) is 3.70. The summed E-state index contributed by atoms with van der Waals surface area (Å²) < 4.78 is 7.83. The molecule has 0 radical (unpaired) electrons. The maximum absolute atomic E-state index is 5.85. The fraction of sp³-hybridized carbons (Fsp3) is 0.400. The summed E-state index contributed by atoms with van der Waals surface area (Å²) in [4.78, 5) is 0. The number of hydrogen-bond acceptors (Lipinski definition) is 2. The molecule has 1 aromatic carbocycles. The topological polar surface area (TPSA) is 27.1 Å². The summed E-state index contributed by atoms with van der Waals surface area (Å²) in [6.45, 7) is 9.71. The van der Waals surface area contributed by atoms with Crippen LogP contribution in [0.2, 0.25) is 0 Å². The Bertz CT molecular complexity index is 523. The van der Waals surface area contributed by atoms with E-state index < -0.39 is 0 Å². The number of nitrogens with zero attached hydrogens (tertiary/aromatic N) is 2. The lowest BCUT2D eigenvalue weighted by Gasteiger charge is -2.09. The Balaban J connectivity index is 2.11. The summed E-state index contributed by atoms with van der Waals surface area (Å²) in [5.74, 6) is 0.925. The lowest BCUT2D eigenvalue weighted by molar-refractivity contribution is 0.292. The number of ether oxygens (including phenoxy) is 1. The molecule has 2 aromatic rings. The van der Waals surface area contributed by atoms with Crippen LogP contribution in [-0.4, -0.2) is 9.78 Å². The van der Waals surface area contributed by atoms with Crippen LogP contribution < -0.4 is 4.74 Å². The highest BCUT2D eigenvalue weighted by Crippen LogP contribution is 2.18. The molecule has 1 heterocycles. The van der Waals surface area contributed by atoms with Crippen molar-refractivity contribution in [3.8, 4) is 5.75 Å². The highest BCUT2D eigenvalue weighted by Gasteiger charge is 2.05. The molecule has 0 aliphatic carbocycles. The molecule has 0 spiro atoms. The molecule has 0 unspecified atom stereocenters. The van der Waals surface area contributed by atoms with Crippen molar-refractivity contribution in [2.75, 3.05) is 0 Å². The van der Waals surface area contributed by atoms with E-state index in [-0.39, 0.29) is 0 Å². The Morgan fingerprint density at radius 3 is 2.33 bits per heavy atom.